The van der Waals surface area contributed by atoms with Crippen LogP contribution in [0.5, 0.6) is 0 Å². The lowest BCUT2D eigenvalue weighted by Gasteiger charge is -2.38. The summed E-state index contributed by atoms with van der Waals surface area (Å²) in [6.45, 7) is 6.41. The number of aromatic nitrogens is 1. The predicted octanol–water partition coefficient (Wildman–Crippen LogP) is 0.798. The number of likely N-dealkylation sites (tertiary alicyclic amines) is 1. The van der Waals surface area contributed by atoms with Crippen LogP contribution in [0.4, 0.5) is 5.82 Å². The molecule has 4 aliphatic rings. The molecule has 1 saturated carbocycles. The highest BCUT2D eigenvalue weighted by molar-refractivity contribution is 5.94. The minimum Gasteiger partial charge on any atom is -0.412 e. The summed E-state index contributed by atoms with van der Waals surface area (Å²) < 4.78 is 0. The Morgan fingerprint density at radius 3 is 2.66 bits per heavy atom. The summed E-state index contributed by atoms with van der Waals surface area (Å²) in [5.74, 6) is 2.24. The minimum atomic E-state index is -0.430. The quantitative estimate of drug-likeness (QED) is 0.623. The Morgan fingerprint density at radius 1 is 1.16 bits per heavy atom. The second-order valence-electron chi connectivity index (χ2n) is 9.26. The zero-order valence-corrected chi connectivity index (χ0v) is 18.5. The molecule has 3 aliphatic heterocycles. The first-order valence-corrected chi connectivity index (χ1v) is 11.8. The van der Waals surface area contributed by atoms with Gasteiger partial charge in [0.1, 0.15) is 17.6 Å². The lowest BCUT2D eigenvalue weighted by Crippen LogP contribution is -2.53. The largest absolute Gasteiger partial charge is 0.412 e. The lowest BCUT2D eigenvalue weighted by atomic mass is 9.97. The molecule has 5 rings (SSSR count). The minimum absolute atomic E-state index is 0.00417. The van der Waals surface area contributed by atoms with Crippen molar-refractivity contribution in [3.8, 4) is 0 Å². The number of rotatable bonds is 5. The van der Waals surface area contributed by atoms with Crippen molar-refractivity contribution in [3.05, 3.63) is 35.7 Å². The molecular formula is C23H32N6O3. The molecule has 2 amide bonds. The fourth-order valence-corrected chi connectivity index (χ4v) is 4.74. The van der Waals surface area contributed by atoms with Crippen LogP contribution in [0.1, 0.15) is 43.0 Å². The average Bonchev–Trinajstić information content (AvgIpc) is 3.55. The van der Waals surface area contributed by atoms with Gasteiger partial charge in [-0.2, -0.15) is 0 Å². The maximum absolute atomic E-state index is 13.1. The molecule has 2 saturated heterocycles. The molecule has 172 valence electrons. The van der Waals surface area contributed by atoms with Crippen LogP contribution in [0.2, 0.25) is 0 Å². The highest BCUT2D eigenvalue weighted by Crippen LogP contribution is 2.38. The van der Waals surface area contributed by atoms with E-state index in [1.807, 2.05) is 30.0 Å². The Bertz CT molecular complexity index is 878. The van der Waals surface area contributed by atoms with Gasteiger partial charge in [-0.1, -0.05) is 0 Å². The smallest absolute Gasteiger partial charge is 0.255 e. The molecule has 1 aliphatic carbocycles. The summed E-state index contributed by atoms with van der Waals surface area (Å²) in [4.78, 5) is 39.8. The predicted molar refractivity (Wildman–Crippen MR) is 120 cm³/mol. The Hall–Kier alpha value is -2.65. The number of hydrogen-bond acceptors (Lipinski definition) is 7. The van der Waals surface area contributed by atoms with Crippen LogP contribution in [0.3, 0.4) is 0 Å². The SMILES string of the molecule is C[C@@H]1C[C@H](NC(=O)C2C=C(C3CC3)ON2)CCN1C(=O)c1ccc(N2CCNCC2)nc1. The van der Waals surface area contributed by atoms with Gasteiger partial charge in [-0.15, -0.1) is 5.48 Å². The highest BCUT2D eigenvalue weighted by Gasteiger charge is 2.36. The van der Waals surface area contributed by atoms with Crippen LogP contribution in [0.15, 0.2) is 30.2 Å². The molecule has 9 nitrogen and oxygen atoms in total. The van der Waals surface area contributed by atoms with E-state index in [9.17, 15) is 9.59 Å². The van der Waals surface area contributed by atoms with Gasteiger partial charge >= 0.3 is 0 Å². The van der Waals surface area contributed by atoms with Crippen molar-refractivity contribution in [2.24, 2.45) is 5.92 Å². The van der Waals surface area contributed by atoms with Crippen LogP contribution >= 0.6 is 0 Å². The Labute approximate surface area is 188 Å². The van der Waals surface area contributed by atoms with Gasteiger partial charge in [0.2, 0.25) is 5.91 Å². The van der Waals surface area contributed by atoms with E-state index in [4.69, 9.17) is 4.84 Å². The second-order valence-corrected chi connectivity index (χ2v) is 9.26. The average molecular weight is 441 g/mol. The van der Waals surface area contributed by atoms with E-state index < -0.39 is 6.04 Å². The standard InChI is InChI=1S/C23H32N6O3/c1-15-12-18(26-22(30)19-13-20(32-27-19)16-2-3-16)6-9-29(15)23(31)17-4-5-21(25-14-17)28-10-7-24-8-11-28/h4-5,13-16,18-19,24,27H,2-3,6-12H2,1H3,(H,26,30)/t15-,18-,19?/m1/s1. The summed E-state index contributed by atoms with van der Waals surface area (Å²) >= 11 is 0. The molecule has 1 unspecified atom stereocenters. The maximum atomic E-state index is 13.1. The Kier molecular flexibility index (Phi) is 6.01. The van der Waals surface area contributed by atoms with Crippen LogP contribution in [-0.2, 0) is 9.63 Å². The molecule has 3 fully saturated rings. The summed E-state index contributed by atoms with van der Waals surface area (Å²) in [7, 11) is 0. The fourth-order valence-electron chi connectivity index (χ4n) is 4.74. The zero-order valence-electron chi connectivity index (χ0n) is 18.5. The number of amides is 2. The molecule has 3 atom stereocenters. The molecular weight excluding hydrogens is 408 g/mol. The number of hydroxylamine groups is 1. The number of anilines is 1. The van der Waals surface area contributed by atoms with Crippen LogP contribution in [0, 0.1) is 5.92 Å². The molecule has 0 radical (unpaired) electrons. The topological polar surface area (TPSA) is 98.8 Å². The van der Waals surface area contributed by atoms with E-state index in [-0.39, 0.29) is 23.9 Å². The van der Waals surface area contributed by atoms with Crippen LogP contribution in [0.25, 0.3) is 0 Å². The summed E-state index contributed by atoms with van der Waals surface area (Å²) in [6, 6.07) is 3.48. The molecule has 3 N–H and O–H groups in total. The van der Waals surface area contributed by atoms with Crippen molar-refractivity contribution in [2.75, 3.05) is 37.6 Å². The van der Waals surface area contributed by atoms with Crippen LogP contribution < -0.4 is 21.0 Å². The van der Waals surface area contributed by atoms with Gasteiger partial charge in [-0.05, 0) is 50.8 Å². The molecule has 0 spiro atoms. The van der Waals surface area contributed by atoms with E-state index in [0.29, 0.717) is 18.0 Å². The van der Waals surface area contributed by atoms with Crippen molar-refractivity contribution in [3.63, 3.8) is 0 Å². The third-order valence-electron chi connectivity index (χ3n) is 6.82. The highest BCUT2D eigenvalue weighted by atomic mass is 16.7. The van der Waals surface area contributed by atoms with Crippen molar-refractivity contribution >= 4 is 17.6 Å². The number of piperidine rings is 1. The van der Waals surface area contributed by atoms with E-state index in [1.165, 1.54) is 0 Å². The summed E-state index contributed by atoms with van der Waals surface area (Å²) in [5, 5.41) is 6.46. The van der Waals surface area contributed by atoms with Gasteiger partial charge in [-0.25, -0.2) is 4.98 Å². The first-order chi connectivity index (χ1) is 15.6. The fraction of sp³-hybridized carbons (Fsp3) is 0.609. The second kappa shape index (κ2) is 9.07. The molecule has 1 aromatic heterocycles. The third-order valence-corrected chi connectivity index (χ3v) is 6.82. The van der Waals surface area contributed by atoms with Gasteiger partial charge in [0.05, 0.1) is 5.56 Å². The number of piperazine rings is 1. The maximum Gasteiger partial charge on any atom is 0.255 e. The Morgan fingerprint density at radius 2 is 1.97 bits per heavy atom. The third kappa shape index (κ3) is 4.59. The molecule has 9 heteroatoms. The van der Waals surface area contributed by atoms with E-state index in [2.05, 4.69) is 26.0 Å². The zero-order chi connectivity index (χ0) is 22.1. The first-order valence-electron chi connectivity index (χ1n) is 11.8. The first kappa shape index (κ1) is 21.2. The van der Waals surface area contributed by atoms with Gasteiger partial charge in [-0.3, -0.25) is 9.59 Å². The van der Waals surface area contributed by atoms with Crippen molar-refractivity contribution in [1.82, 2.24) is 26.0 Å². The van der Waals surface area contributed by atoms with Crippen molar-refractivity contribution in [1.29, 1.82) is 0 Å². The number of carbonyl (C=O) groups is 2. The molecule has 32 heavy (non-hydrogen) atoms. The number of nitrogens with zero attached hydrogens (tertiary/aromatic N) is 3. The molecule has 0 aromatic carbocycles. The number of allylic oxidation sites excluding steroid dienone is 1. The molecule has 0 bridgehead atoms. The molecule has 4 heterocycles. The lowest BCUT2D eigenvalue weighted by molar-refractivity contribution is -0.124. The normalized spacial score (nSPS) is 28.2. The van der Waals surface area contributed by atoms with Crippen molar-refractivity contribution < 1.29 is 14.4 Å². The van der Waals surface area contributed by atoms with E-state index in [1.54, 1.807) is 6.20 Å². The number of nitrogens with one attached hydrogen (secondary N) is 3. The van der Waals surface area contributed by atoms with Crippen LogP contribution in [-0.4, -0.2) is 72.5 Å². The van der Waals surface area contributed by atoms with Gasteiger partial charge in [0, 0.05) is 56.9 Å². The number of pyridine rings is 1. The van der Waals surface area contributed by atoms with E-state index in [0.717, 1.165) is 63.4 Å². The van der Waals surface area contributed by atoms with Crippen molar-refractivity contribution in [2.45, 2.75) is 50.7 Å². The monoisotopic (exact) mass is 440 g/mol. The molecule has 1 aromatic rings. The van der Waals surface area contributed by atoms with E-state index >= 15 is 0 Å². The summed E-state index contributed by atoms with van der Waals surface area (Å²) in [6.07, 6.45) is 7.33. The number of hydrogen-bond donors (Lipinski definition) is 3. The Balaban J connectivity index is 1.14. The number of carbonyl (C=O) groups excluding carboxylic acids is 2. The van der Waals surface area contributed by atoms with Gasteiger partial charge in [0.15, 0.2) is 0 Å². The van der Waals surface area contributed by atoms with Gasteiger partial charge < -0.3 is 25.3 Å². The summed E-state index contributed by atoms with van der Waals surface area (Å²) in [5.41, 5.74) is 3.44. The van der Waals surface area contributed by atoms with Gasteiger partial charge in [0.25, 0.3) is 5.91 Å².